The van der Waals surface area contributed by atoms with Gasteiger partial charge in [-0.25, -0.2) is 4.98 Å². The van der Waals surface area contributed by atoms with Crippen LogP contribution in [0.2, 0.25) is 0 Å². The molecule has 0 saturated carbocycles. The zero-order valence-electron chi connectivity index (χ0n) is 15.2. The van der Waals surface area contributed by atoms with Crippen LogP contribution in [0.1, 0.15) is 5.56 Å². The van der Waals surface area contributed by atoms with Gasteiger partial charge in [0.2, 0.25) is 5.88 Å². The van der Waals surface area contributed by atoms with Crippen molar-refractivity contribution in [1.29, 1.82) is 0 Å². The van der Waals surface area contributed by atoms with Gasteiger partial charge in [-0.1, -0.05) is 12.1 Å². The summed E-state index contributed by atoms with van der Waals surface area (Å²) in [5.41, 5.74) is 0.956. The highest BCUT2D eigenvalue weighted by Gasteiger charge is 2.06. The summed E-state index contributed by atoms with van der Waals surface area (Å²) in [7, 11) is 1.61. The van der Waals surface area contributed by atoms with Crippen LogP contribution in [0.3, 0.4) is 0 Å². The maximum atomic E-state index is 12.0. The van der Waals surface area contributed by atoms with Gasteiger partial charge in [-0.3, -0.25) is 4.79 Å². The fourth-order valence-corrected chi connectivity index (χ4v) is 2.94. The Hall–Kier alpha value is -3.06. The molecule has 3 aromatic rings. The molecular weight excluding hydrogens is 424 g/mol. The van der Waals surface area contributed by atoms with Gasteiger partial charge in [-0.2, -0.15) is 0 Å². The van der Waals surface area contributed by atoms with E-state index in [-0.39, 0.29) is 12.5 Å². The molecule has 0 saturated heterocycles. The largest absolute Gasteiger partial charge is 0.496 e. The molecule has 1 heterocycles. The summed E-state index contributed by atoms with van der Waals surface area (Å²) in [6.07, 6.45) is 1.66. The molecule has 1 amide bonds. The number of hydrogen-bond donors (Lipinski definition) is 1. The number of hydrogen-bond acceptors (Lipinski definition) is 5. The molecule has 0 radical (unpaired) electrons. The van der Waals surface area contributed by atoms with Gasteiger partial charge < -0.3 is 19.5 Å². The van der Waals surface area contributed by atoms with Crippen LogP contribution in [0.4, 0.5) is 0 Å². The van der Waals surface area contributed by atoms with E-state index >= 15 is 0 Å². The highest BCUT2D eigenvalue weighted by molar-refractivity contribution is 9.10. The highest BCUT2D eigenvalue weighted by Crippen LogP contribution is 2.25. The number of nitrogens with zero attached hydrogens (tertiary/aromatic N) is 1. The predicted octanol–water partition coefficient (Wildman–Crippen LogP) is 4.34. The summed E-state index contributed by atoms with van der Waals surface area (Å²) in [6.45, 7) is 0.333. The molecule has 0 aliphatic heterocycles. The van der Waals surface area contributed by atoms with Crippen LogP contribution in [-0.4, -0.2) is 24.6 Å². The minimum Gasteiger partial charge on any atom is -0.496 e. The lowest BCUT2D eigenvalue weighted by Gasteiger charge is -2.10. The number of rotatable bonds is 8. The Morgan fingerprint density at radius 1 is 1.07 bits per heavy atom. The minimum absolute atomic E-state index is 0.0717. The Bertz CT molecular complexity index is 917. The number of carbonyl (C=O) groups excluding carboxylic acids is 1. The van der Waals surface area contributed by atoms with E-state index in [1.807, 2.05) is 30.3 Å². The SMILES string of the molecule is COc1ccc(CNC(=O)COc2ccc(Oc3ccccn3)cc2)cc1Br. The number of aromatic nitrogens is 1. The van der Waals surface area contributed by atoms with Crippen molar-refractivity contribution >= 4 is 21.8 Å². The van der Waals surface area contributed by atoms with Crippen LogP contribution >= 0.6 is 15.9 Å². The Kier molecular flexibility index (Phi) is 6.86. The smallest absolute Gasteiger partial charge is 0.258 e. The predicted molar refractivity (Wildman–Crippen MR) is 109 cm³/mol. The lowest BCUT2D eigenvalue weighted by molar-refractivity contribution is -0.123. The summed E-state index contributed by atoms with van der Waals surface area (Å²) in [5.74, 6) is 2.27. The van der Waals surface area contributed by atoms with Crippen LogP contribution in [-0.2, 0) is 11.3 Å². The number of pyridine rings is 1. The van der Waals surface area contributed by atoms with Crippen molar-refractivity contribution in [3.63, 3.8) is 0 Å². The first kappa shape index (κ1) is 19.7. The van der Waals surface area contributed by atoms with Crippen LogP contribution < -0.4 is 19.5 Å². The van der Waals surface area contributed by atoms with Crippen molar-refractivity contribution in [3.05, 3.63) is 76.9 Å². The van der Waals surface area contributed by atoms with Crippen molar-refractivity contribution in [2.45, 2.75) is 6.54 Å². The quantitative estimate of drug-likeness (QED) is 0.561. The first-order valence-corrected chi connectivity index (χ1v) is 9.34. The first-order chi connectivity index (χ1) is 13.6. The summed E-state index contributed by atoms with van der Waals surface area (Å²) in [5, 5.41) is 2.82. The lowest BCUT2D eigenvalue weighted by Crippen LogP contribution is -2.28. The first-order valence-electron chi connectivity index (χ1n) is 8.55. The van der Waals surface area contributed by atoms with Crippen molar-refractivity contribution in [3.8, 4) is 23.1 Å². The highest BCUT2D eigenvalue weighted by atomic mass is 79.9. The van der Waals surface area contributed by atoms with Crippen molar-refractivity contribution in [2.75, 3.05) is 13.7 Å². The molecule has 0 spiro atoms. The van der Waals surface area contributed by atoms with Gasteiger partial charge in [0.1, 0.15) is 17.2 Å². The topological polar surface area (TPSA) is 69.7 Å². The van der Waals surface area contributed by atoms with Gasteiger partial charge in [-0.05, 0) is 64.0 Å². The van der Waals surface area contributed by atoms with Crippen molar-refractivity contribution in [2.24, 2.45) is 0 Å². The summed E-state index contributed by atoms with van der Waals surface area (Å²) in [6, 6.07) is 18.1. The van der Waals surface area contributed by atoms with Gasteiger partial charge in [0.05, 0.1) is 11.6 Å². The number of benzene rings is 2. The van der Waals surface area contributed by atoms with Crippen LogP contribution in [0.5, 0.6) is 23.1 Å². The van der Waals surface area contributed by atoms with E-state index in [1.165, 1.54) is 0 Å². The van der Waals surface area contributed by atoms with E-state index in [2.05, 4.69) is 26.2 Å². The summed E-state index contributed by atoms with van der Waals surface area (Å²) < 4.78 is 17.2. The average molecular weight is 443 g/mol. The molecule has 0 aliphatic rings. The monoisotopic (exact) mass is 442 g/mol. The number of carbonyl (C=O) groups is 1. The molecule has 0 unspecified atom stereocenters. The zero-order chi connectivity index (χ0) is 19.8. The van der Waals surface area contributed by atoms with Crippen molar-refractivity contribution < 1.29 is 19.0 Å². The number of amides is 1. The van der Waals surface area contributed by atoms with Gasteiger partial charge in [0.15, 0.2) is 6.61 Å². The van der Waals surface area contributed by atoms with E-state index in [0.717, 1.165) is 15.8 Å². The molecule has 7 heteroatoms. The molecule has 1 aromatic heterocycles. The normalized spacial score (nSPS) is 10.2. The Labute approximate surface area is 171 Å². The second-order valence-electron chi connectivity index (χ2n) is 5.78. The molecule has 0 fully saturated rings. The fraction of sp³-hybridized carbons (Fsp3) is 0.143. The fourth-order valence-electron chi connectivity index (χ4n) is 2.35. The second-order valence-corrected chi connectivity index (χ2v) is 6.63. The molecule has 2 aromatic carbocycles. The van der Waals surface area contributed by atoms with Crippen LogP contribution in [0.15, 0.2) is 71.3 Å². The molecular formula is C21H19BrN2O4. The maximum absolute atomic E-state index is 12.0. The molecule has 28 heavy (non-hydrogen) atoms. The number of halogens is 1. The van der Waals surface area contributed by atoms with Gasteiger partial charge in [0.25, 0.3) is 5.91 Å². The standard InChI is InChI=1S/C21H19BrN2O4/c1-26-19-10-5-15(12-18(19)22)13-24-20(25)14-27-16-6-8-17(9-7-16)28-21-4-2-3-11-23-21/h2-12H,13-14H2,1H3,(H,24,25). The Balaban J connectivity index is 1.44. The van der Waals surface area contributed by atoms with Crippen LogP contribution in [0.25, 0.3) is 0 Å². The van der Waals surface area contributed by atoms with Gasteiger partial charge >= 0.3 is 0 Å². The third-order valence-electron chi connectivity index (χ3n) is 3.76. The number of methoxy groups -OCH3 is 1. The third-order valence-corrected chi connectivity index (χ3v) is 4.38. The number of nitrogens with one attached hydrogen (secondary N) is 1. The zero-order valence-corrected chi connectivity index (χ0v) is 16.8. The van der Waals surface area contributed by atoms with E-state index in [1.54, 1.807) is 43.6 Å². The van der Waals surface area contributed by atoms with E-state index in [4.69, 9.17) is 14.2 Å². The van der Waals surface area contributed by atoms with Gasteiger partial charge in [-0.15, -0.1) is 0 Å². The lowest BCUT2D eigenvalue weighted by atomic mass is 10.2. The molecule has 0 atom stereocenters. The average Bonchev–Trinajstić information content (AvgIpc) is 2.72. The molecule has 0 bridgehead atoms. The molecule has 6 nitrogen and oxygen atoms in total. The van der Waals surface area contributed by atoms with E-state index in [9.17, 15) is 4.79 Å². The maximum Gasteiger partial charge on any atom is 0.258 e. The second kappa shape index (κ2) is 9.75. The molecule has 1 N–H and O–H groups in total. The van der Waals surface area contributed by atoms with Crippen LogP contribution in [0, 0.1) is 0 Å². The Morgan fingerprint density at radius 3 is 2.54 bits per heavy atom. The molecule has 3 rings (SSSR count). The minimum atomic E-state index is -0.208. The van der Waals surface area contributed by atoms with E-state index < -0.39 is 0 Å². The van der Waals surface area contributed by atoms with E-state index in [0.29, 0.717) is 23.9 Å². The summed E-state index contributed by atoms with van der Waals surface area (Å²) >= 11 is 3.43. The number of ether oxygens (including phenoxy) is 3. The van der Waals surface area contributed by atoms with Crippen molar-refractivity contribution in [1.82, 2.24) is 10.3 Å². The van der Waals surface area contributed by atoms with Gasteiger partial charge in [0, 0.05) is 18.8 Å². The summed E-state index contributed by atoms with van der Waals surface area (Å²) in [4.78, 5) is 16.1. The molecule has 144 valence electrons. The third kappa shape index (κ3) is 5.72. The Morgan fingerprint density at radius 2 is 1.86 bits per heavy atom. The molecule has 0 aliphatic carbocycles.